The normalized spacial score (nSPS) is 16.3. The van der Waals surface area contributed by atoms with Crippen molar-refractivity contribution in [2.24, 2.45) is 0 Å². The molecule has 1 amide bonds. The molecule has 0 fully saturated rings. The molecule has 1 aliphatic rings. The van der Waals surface area contributed by atoms with Crippen LogP contribution in [0.25, 0.3) is 6.08 Å². The average Bonchev–Trinajstić information content (AvgIpc) is 3.19. The quantitative estimate of drug-likeness (QED) is 0.693. The molecule has 2 aromatic rings. The summed E-state index contributed by atoms with van der Waals surface area (Å²) in [6.45, 7) is 2.87. The number of nitrogens with zero attached hydrogens (tertiary/aromatic N) is 1. The van der Waals surface area contributed by atoms with E-state index >= 15 is 0 Å². The molecule has 0 saturated heterocycles. The number of carbonyl (C=O) groups is 1. The van der Waals surface area contributed by atoms with Gasteiger partial charge in [0, 0.05) is 29.1 Å². The van der Waals surface area contributed by atoms with Gasteiger partial charge in [-0.2, -0.15) is 0 Å². The molecule has 3 rings (SSSR count). The van der Waals surface area contributed by atoms with Crippen molar-refractivity contribution in [1.82, 2.24) is 4.90 Å². The lowest BCUT2D eigenvalue weighted by atomic mass is 9.97. The molecular weight excluding hydrogens is 362 g/mol. The fraction of sp³-hybridized carbons (Fsp3) is 0.381. The second kappa shape index (κ2) is 8.48. The number of hydrogen-bond donors (Lipinski definition) is 0. The van der Waals surface area contributed by atoms with E-state index in [9.17, 15) is 4.79 Å². The molecule has 27 heavy (non-hydrogen) atoms. The summed E-state index contributed by atoms with van der Waals surface area (Å²) in [6, 6.07) is 5.86. The number of thiophene rings is 1. The Morgan fingerprint density at radius 2 is 1.89 bits per heavy atom. The van der Waals surface area contributed by atoms with E-state index in [1.54, 1.807) is 50.9 Å². The highest BCUT2D eigenvalue weighted by Gasteiger charge is 2.29. The molecule has 0 aliphatic carbocycles. The van der Waals surface area contributed by atoms with Crippen LogP contribution in [0, 0.1) is 0 Å². The van der Waals surface area contributed by atoms with E-state index in [1.165, 1.54) is 10.4 Å². The molecule has 144 valence electrons. The van der Waals surface area contributed by atoms with Crippen LogP contribution in [0.1, 0.15) is 35.4 Å². The molecule has 1 aromatic heterocycles. The molecular formula is C21H25NO4S. The molecule has 0 spiro atoms. The third kappa shape index (κ3) is 3.81. The van der Waals surface area contributed by atoms with Gasteiger partial charge in [0.25, 0.3) is 0 Å². The highest BCUT2D eigenvalue weighted by molar-refractivity contribution is 7.10. The van der Waals surface area contributed by atoms with Gasteiger partial charge in [-0.3, -0.25) is 4.79 Å². The Bertz CT molecular complexity index is 843. The fourth-order valence-electron chi connectivity index (χ4n) is 3.54. The lowest BCUT2D eigenvalue weighted by Gasteiger charge is -2.34. The Hall–Kier alpha value is -2.47. The summed E-state index contributed by atoms with van der Waals surface area (Å²) in [7, 11) is 4.76. The van der Waals surface area contributed by atoms with E-state index < -0.39 is 0 Å². The molecule has 5 nitrogen and oxygen atoms in total. The number of benzene rings is 1. The lowest BCUT2D eigenvalue weighted by molar-refractivity contribution is -0.128. The number of carbonyl (C=O) groups excluding carboxylic acids is 1. The molecule has 0 radical (unpaired) electrons. The van der Waals surface area contributed by atoms with E-state index in [0.717, 1.165) is 24.9 Å². The van der Waals surface area contributed by atoms with Crippen molar-refractivity contribution in [2.45, 2.75) is 25.8 Å². The topological polar surface area (TPSA) is 48.0 Å². The first-order valence-electron chi connectivity index (χ1n) is 8.97. The van der Waals surface area contributed by atoms with E-state index in [-0.39, 0.29) is 11.9 Å². The largest absolute Gasteiger partial charge is 0.496 e. The fourth-order valence-corrected chi connectivity index (χ4v) is 4.47. The predicted octanol–water partition coefficient (Wildman–Crippen LogP) is 4.32. The monoisotopic (exact) mass is 387 g/mol. The van der Waals surface area contributed by atoms with Crippen molar-refractivity contribution in [3.05, 3.63) is 45.7 Å². The van der Waals surface area contributed by atoms with Crippen LogP contribution < -0.4 is 14.2 Å². The van der Waals surface area contributed by atoms with Crippen LogP contribution in [0.15, 0.2) is 29.7 Å². The first kappa shape index (κ1) is 19.3. The van der Waals surface area contributed by atoms with Gasteiger partial charge in [0.2, 0.25) is 5.91 Å². The van der Waals surface area contributed by atoms with Crippen LogP contribution in [0.4, 0.5) is 0 Å². The van der Waals surface area contributed by atoms with Crippen molar-refractivity contribution < 1.29 is 19.0 Å². The van der Waals surface area contributed by atoms with E-state index in [1.807, 2.05) is 11.0 Å². The van der Waals surface area contributed by atoms with Gasteiger partial charge in [0.05, 0.1) is 27.4 Å². The zero-order valence-electron chi connectivity index (χ0n) is 16.2. The van der Waals surface area contributed by atoms with Gasteiger partial charge in [-0.15, -0.1) is 11.3 Å². The molecule has 1 aliphatic heterocycles. The molecule has 0 bridgehead atoms. The van der Waals surface area contributed by atoms with Crippen molar-refractivity contribution in [2.75, 3.05) is 27.9 Å². The number of ether oxygens (including phenoxy) is 3. The summed E-state index contributed by atoms with van der Waals surface area (Å²) in [5.41, 5.74) is 2.06. The minimum atomic E-state index is 0.00976. The number of fused-ring (bicyclic) bond motifs is 1. The van der Waals surface area contributed by atoms with Crippen LogP contribution in [0.3, 0.4) is 0 Å². The van der Waals surface area contributed by atoms with Crippen LogP contribution >= 0.6 is 11.3 Å². The summed E-state index contributed by atoms with van der Waals surface area (Å²) in [6.07, 6.45) is 5.22. The summed E-state index contributed by atoms with van der Waals surface area (Å²) in [4.78, 5) is 16.3. The van der Waals surface area contributed by atoms with Gasteiger partial charge in [-0.25, -0.2) is 0 Å². The summed E-state index contributed by atoms with van der Waals surface area (Å²) >= 11 is 1.78. The van der Waals surface area contributed by atoms with Crippen LogP contribution in [-0.4, -0.2) is 38.7 Å². The van der Waals surface area contributed by atoms with Crippen molar-refractivity contribution in [1.29, 1.82) is 0 Å². The third-order valence-corrected chi connectivity index (χ3v) is 5.90. The number of hydrogen-bond acceptors (Lipinski definition) is 5. The van der Waals surface area contributed by atoms with Gasteiger partial charge >= 0.3 is 0 Å². The molecule has 0 N–H and O–H groups in total. The van der Waals surface area contributed by atoms with E-state index in [4.69, 9.17) is 14.2 Å². The standard InChI is InChI=1S/C21H25NO4S/c1-5-16-15-9-11-27-20(15)8-10-22(16)21(23)7-6-14-12-18(25-3)19(26-4)13-17(14)24-2/h6-7,9,11-13,16H,5,8,10H2,1-4H3/b7-6+. The van der Waals surface area contributed by atoms with E-state index in [0.29, 0.717) is 17.2 Å². The number of methoxy groups -OCH3 is 3. The van der Waals surface area contributed by atoms with Crippen molar-refractivity contribution in [3.8, 4) is 17.2 Å². The Balaban J connectivity index is 1.85. The SMILES string of the molecule is CCC1c2ccsc2CCN1C(=O)/C=C/c1cc(OC)c(OC)cc1OC. The van der Waals surface area contributed by atoms with Gasteiger partial charge < -0.3 is 19.1 Å². The molecule has 1 aromatic carbocycles. The zero-order chi connectivity index (χ0) is 19.4. The Kier molecular flexibility index (Phi) is 6.06. The molecule has 6 heteroatoms. The molecule has 2 heterocycles. The van der Waals surface area contributed by atoms with Gasteiger partial charge in [0.15, 0.2) is 11.5 Å². The summed E-state index contributed by atoms with van der Waals surface area (Å²) < 4.78 is 16.1. The maximum Gasteiger partial charge on any atom is 0.247 e. The third-order valence-electron chi connectivity index (χ3n) is 4.91. The minimum Gasteiger partial charge on any atom is -0.496 e. The second-order valence-corrected chi connectivity index (χ2v) is 7.29. The smallest absolute Gasteiger partial charge is 0.247 e. The Morgan fingerprint density at radius 1 is 1.19 bits per heavy atom. The van der Waals surface area contributed by atoms with Crippen LogP contribution in [0.2, 0.25) is 0 Å². The van der Waals surface area contributed by atoms with Crippen molar-refractivity contribution >= 4 is 23.3 Å². The Labute approximate surface area is 164 Å². The number of rotatable bonds is 6. The predicted molar refractivity (Wildman–Crippen MR) is 108 cm³/mol. The van der Waals surface area contributed by atoms with Gasteiger partial charge in [-0.1, -0.05) is 6.92 Å². The van der Waals surface area contributed by atoms with Crippen molar-refractivity contribution in [3.63, 3.8) is 0 Å². The molecule has 0 saturated carbocycles. The maximum absolute atomic E-state index is 12.9. The second-order valence-electron chi connectivity index (χ2n) is 6.29. The minimum absolute atomic E-state index is 0.00976. The molecule has 1 atom stereocenters. The Morgan fingerprint density at radius 3 is 2.56 bits per heavy atom. The van der Waals surface area contributed by atoms with Crippen LogP contribution in [-0.2, 0) is 11.2 Å². The highest BCUT2D eigenvalue weighted by Crippen LogP contribution is 2.37. The maximum atomic E-state index is 12.9. The summed E-state index contributed by atoms with van der Waals surface area (Å²) in [5, 5.41) is 2.12. The van der Waals surface area contributed by atoms with Gasteiger partial charge in [0.1, 0.15) is 5.75 Å². The summed E-state index contributed by atoms with van der Waals surface area (Å²) in [5.74, 6) is 1.82. The first-order chi connectivity index (χ1) is 13.1. The van der Waals surface area contributed by atoms with E-state index in [2.05, 4.69) is 18.4 Å². The highest BCUT2D eigenvalue weighted by atomic mass is 32.1. The van der Waals surface area contributed by atoms with Crippen LogP contribution in [0.5, 0.6) is 17.2 Å². The van der Waals surface area contributed by atoms with Gasteiger partial charge in [-0.05, 0) is 42.0 Å². The lowest BCUT2D eigenvalue weighted by Crippen LogP contribution is -2.38. The first-order valence-corrected chi connectivity index (χ1v) is 9.85. The molecule has 1 unspecified atom stereocenters. The average molecular weight is 388 g/mol. The zero-order valence-corrected chi connectivity index (χ0v) is 17.0. The number of amides is 1.